The lowest BCUT2D eigenvalue weighted by Crippen LogP contribution is -2.62. The number of amides is 1. The summed E-state index contributed by atoms with van der Waals surface area (Å²) in [5, 5.41) is 3.68. The van der Waals surface area contributed by atoms with Gasteiger partial charge in [0.25, 0.3) is 0 Å². The number of carbonyl (C=O) groups excluding carboxylic acids is 1. The maximum absolute atomic E-state index is 12.8. The van der Waals surface area contributed by atoms with Crippen molar-refractivity contribution >= 4 is 5.91 Å². The number of nitrogens with one attached hydrogen (secondary N) is 1. The summed E-state index contributed by atoms with van der Waals surface area (Å²) in [4.78, 5) is 14.8. The van der Waals surface area contributed by atoms with Crippen LogP contribution in [0.4, 0.5) is 0 Å². The largest absolute Gasteiger partial charge is 0.314 e. The van der Waals surface area contributed by atoms with E-state index in [-0.39, 0.29) is 28.9 Å². The molecule has 0 aromatic heterocycles. The first-order valence-corrected chi connectivity index (χ1v) is 8.27. The van der Waals surface area contributed by atoms with Crippen molar-refractivity contribution in [2.45, 2.75) is 91.3 Å². The van der Waals surface area contributed by atoms with E-state index in [2.05, 4.69) is 46.5 Å². The van der Waals surface area contributed by atoms with E-state index in [4.69, 9.17) is 0 Å². The molecule has 1 saturated heterocycles. The van der Waals surface area contributed by atoms with Crippen LogP contribution in [0.5, 0.6) is 0 Å². The molecule has 1 aliphatic heterocycles. The second-order valence-electron chi connectivity index (χ2n) is 8.09. The summed E-state index contributed by atoms with van der Waals surface area (Å²) in [6.07, 6.45) is 3.92. The Balaban J connectivity index is 3.00. The van der Waals surface area contributed by atoms with Crippen molar-refractivity contribution in [2.24, 2.45) is 5.92 Å². The molecule has 0 aromatic rings. The van der Waals surface area contributed by atoms with E-state index in [1.807, 2.05) is 18.7 Å². The van der Waals surface area contributed by atoms with E-state index < -0.39 is 0 Å². The Bertz CT molecular complexity index is 382. The summed E-state index contributed by atoms with van der Waals surface area (Å²) in [7, 11) is 0. The maximum atomic E-state index is 12.8. The molecule has 1 aliphatic rings. The molecule has 3 nitrogen and oxygen atoms in total. The van der Waals surface area contributed by atoms with Crippen molar-refractivity contribution in [3.63, 3.8) is 0 Å². The zero-order valence-corrected chi connectivity index (χ0v) is 15.0. The van der Waals surface area contributed by atoms with E-state index in [1.54, 1.807) is 0 Å². The highest BCUT2D eigenvalue weighted by Gasteiger charge is 2.41. The lowest BCUT2D eigenvalue weighted by molar-refractivity contribution is -0.136. The van der Waals surface area contributed by atoms with Gasteiger partial charge in [0, 0.05) is 28.7 Å². The molecule has 1 fully saturated rings. The van der Waals surface area contributed by atoms with E-state index in [0.717, 1.165) is 31.4 Å². The molecule has 0 radical (unpaired) electrons. The fourth-order valence-corrected chi connectivity index (χ4v) is 3.92. The quantitative estimate of drug-likeness (QED) is 0.828. The minimum Gasteiger partial charge on any atom is -0.314 e. The van der Waals surface area contributed by atoms with Gasteiger partial charge in [0.2, 0.25) is 5.91 Å². The molecule has 0 spiro atoms. The Kier molecular flexibility index (Phi) is 5.65. The second kappa shape index (κ2) is 6.51. The molecule has 3 heteroatoms. The SMILES string of the molecule is C=C(C)N(C(=O)C(C)CCC)C1CC(C)(C)NC(C)(C)C1. The van der Waals surface area contributed by atoms with Crippen LogP contribution in [0, 0.1) is 5.92 Å². The first-order valence-electron chi connectivity index (χ1n) is 8.27. The van der Waals surface area contributed by atoms with Gasteiger partial charge in [-0.15, -0.1) is 0 Å². The van der Waals surface area contributed by atoms with Gasteiger partial charge >= 0.3 is 0 Å². The summed E-state index contributed by atoms with van der Waals surface area (Å²) >= 11 is 0. The van der Waals surface area contributed by atoms with Crippen molar-refractivity contribution in [2.75, 3.05) is 0 Å². The van der Waals surface area contributed by atoms with Gasteiger partial charge in [0.1, 0.15) is 0 Å². The molecule has 0 bridgehead atoms. The monoisotopic (exact) mass is 294 g/mol. The van der Waals surface area contributed by atoms with E-state index in [1.165, 1.54) is 0 Å². The summed E-state index contributed by atoms with van der Waals surface area (Å²) in [6.45, 7) is 19.1. The van der Waals surface area contributed by atoms with Crippen LogP contribution in [0.3, 0.4) is 0 Å². The smallest absolute Gasteiger partial charge is 0.229 e. The van der Waals surface area contributed by atoms with Crippen LogP contribution in [0.25, 0.3) is 0 Å². The van der Waals surface area contributed by atoms with Crippen molar-refractivity contribution in [1.82, 2.24) is 10.2 Å². The molecule has 0 aromatic carbocycles. The second-order valence-corrected chi connectivity index (χ2v) is 8.09. The highest BCUT2D eigenvalue weighted by Crippen LogP contribution is 2.33. The number of carbonyl (C=O) groups is 1. The zero-order valence-electron chi connectivity index (χ0n) is 15.0. The first-order chi connectivity index (χ1) is 9.49. The molecule has 1 rings (SSSR count). The van der Waals surface area contributed by atoms with Crippen molar-refractivity contribution in [3.8, 4) is 0 Å². The molecule has 0 aliphatic carbocycles. The van der Waals surface area contributed by atoms with E-state index >= 15 is 0 Å². The average Bonchev–Trinajstić information content (AvgIpc) is 2.24. The maximum Gasteiger partial charge on any atom is 0.229 e. The zero-order chi connectivity index (χ0) is 16.4. The standard InChI is InChI=1S/C18H34N2O/c1-9-10-14(4)16(21)20(13(2)3)15-11-17(5,6)19-18(7,8)12-15/h14-15,19H,2,9-12H2,1,3-8H3. The summed E-state index contributed by atoms with van der Waals surface area (Å²) in [5.41, 5.74) is 0.949. The Hall–Kier alpha value is -0.830. The summed E-state index contributed by atoms with van der Waals surface area (Å²) < 4.78 is 0. The molecule has 1 atom stereocenters. The van der Waals surface area contributed by atoms with Crippen LogP contribution >= 0.6 is 0 Å². The molecule has 1 amide bonds. The normalized spacial score (nSPS) is 22.6. The third-order valence-electron chi connectivity index (χ3n) is 4.33. The third kappa shape index (κ3) is 4.84. The fourth-order valence-electron chi connectivity index (χ4n) is 3.92. The molecular weight excluding hydrogens is 260 g/mol. The predicted octanol–water partition coefficient (Wildman–Crippen LogP) is 4.09. The van der Waals surface area contributed by atoms with Gasteiger partial charge in [-0.1, -0.05) is 26.8 Å². The molecule has 21 heavy (non-hydrogen) atoms. The van der Waals surface area contributed by atoms with Crippen LogP contribution in [-0.2, 0) is 4.79 Å². The topological polar surface area (TPSA) is 32.3 Å². The van der Waals surface area contributed by atoms with Gasteiger partial charge in [-0.2, -0.15) is 0 Å². The molecule has 122 valence electrons. The minimum absolute atomic E-state index is 0.0361. The Morgan fingerprint density at radius 1 is 1.29 bits per heavy atom. The van der Waals surface area contributed by atoms with E-state index in [0.29, 0.717) is 0 Å². The number of rotatable bonds is 5. The van der Waals surface area contributed by atoms with Gasteiger partial charge in [-0.3, -0.25) is 4.79 Å². The van der Waals surface area contributed by atoms with Crippen molar-refractivity contribution in [1.29, 1.82) is 0 Å². The van der Waals surface area contributed by atoms with Crippen LogP contribution in [-0.4, -0.2) is 27.9 Å². The fraction of sp³-hybridized carbons (Fsp3) is 0.833. The Labute approximate surface area is 131 Å². The molecule has 0 saturated carbocycles. The Morgan fingerprint density at radius 2 is 1.76 bits per heavy atom. The van der Waals surface area contributed by atoms with Crippen LogP contribution in [0.15, 0.2) is 12.3 Å². The van der Waals surface area contributed by atoms with E-state index in [9.17, 15) is 4.79 Å². The van der Waals surface area contributed by atoms with Gasteiger partial charge in [0.15, 0.2) is 0 Å². The number of hydrogen-bond acceptors (Lipinski definition) is 2. The number of allylic oxidation sites excluding steroid dienone is 1. The van der Waals surface area contributed by atoms with Gasteiger partial charge < -0.3 is 10.2 Å². The van der Waals surface area contributed by atoms with Gasteiger partial charge in [-0.25, -0.2) is 0 Å². The summed E-state index contributed by atoms with van der Waals surface area (Å²) in [5.74, 6) is 0.315. The highest BCUT2D eigenvalue weighted by molar-refractivity contribution is 5.80. The number of nitrogens with zero attached hydrogens (tertiary/aromatic N) is 1. The van der Waals surface area contributed by atoms with Crippen molar-refractivity contribution in [3.05, 3.63) is 12.3 Å². The van der Waals surface area contributed by atoms with Crippen LogP contribution < -0.4 is 5.32 Å². The number of piperidine rings is 1. The first kappa shape index (κ1) is 18.2. The average molecular weight is 294 g/mol. The Morgan fingerprint density at radius 3 is 2.14 bits per heavy atom. The highest BCUT2D eigenvalue weighted by atomic mass is 16.2. The molecule has 1 unspecified atom stereocenters. The predicted molar refractivity (Wildman–Crippen MR) is 90.0 cm³/mol. The van der Waals surface area contributed by atoms with Crippen molar-refractivity contribution < 1.29 is 4.79 Å². The minimum atomic E-state index is 0.0361. The lowest BCUT2D eigenvalue weighted by Gasteiger charge is -2.50. The third-order valence-corrected chi connectivity index (χ3v) is 4.33. The van der Waals surface area contributed by atoms with Crippen LogP contribution in [0.1, 0.15) is 74.1 Å². The summed E-state index contributed by atoms with van der Waals surface area (Å²) in [6, 6.07) is 0.237. The number of hydrogen-bond donors (Lipinski definition) is 1. The molecule has 1 N–H and O–H groups in total. The van der Waals surface area contributed by atoms with Crippen LogP contribution in [0.2, 0.25) is 0 Å². The molecular formula is C18H34N2O. The van der Waals surface area contributed by atoms with Gasteiger partial charge in [-0.05, 0) is 53.9 Å². The van der Waals surface area contributed by atoms with Gasteiger partial charge in [0.05, 0.1) is 0 Å². The molecule has 1 heterocycles. The lowest BCUT2D eigenvalue weighted by atomic mass is 9.78.